The van der Waals surface area contributed by atoms with Gasteiger partial charge in [-0.25, -0.2) is 9.78 Å². The van der Waals surface area contributed by atoms with Crippen LogP contribution in [-0.4, -0.2) is 51.6 Å². The number of nitrogens with one attached hydrogen (secondary N) is 1. The lowest BCUT2D eigenvalue weighted by molar-refractivity contribution is 0.0950. The number of carbonyl (C=O) groups is 2. The summed E-state index contributed by atoms with van der Waals surface area (Å²) < 4.78 is 0. The molecule has 2 N–H and O–H groups in total. The number of carboxylic acid groups (broad SMARTS) is 1. The first-order valence-electron chi connectivity index (χ1n) is 10.4. The minimum absolute atomic E-state index is 0.0469. The SMILES string of the molecule is CCNC(=O)c1cnc(Cc2ccc3c(c2)CCN(C(=O)O)CC3C(C)(C)C)cn1. The fraction of sp³-hybridized carbons (Fsp3) is 0.478. The molecule has 160 valence electrons. The van der Waals surface area contributed by atoms with Crippen molar-refractivity contribution in [1.82, 2.24) is 20.2 Å². The van der Waals surface area contributed by atoms with E-state index in [0.717, 1.165) is 11.3 Å². The van der Waals surface area contributed by atoms with Crippen LogP contribution >= 0.6 is 0 Å². The summed E-state index contributed by atoms with van der Waals surface area (Å²) in [7, 11) is 0. The van der Waals surface area contributed by atoms with E-state index in [0.29, 0.717) is 38.2 Å². The fourth-order valence-corrected chi connectivity index (χ4v) is 3.93. The number of aromatic nitrogens is 2. The van der Waals surface area contributed by atoms with Crippen LogP contribution in [0.5, 0.6) is 0 Å². The van der Waals surface area contributed by atoms with Crippen LogP contribution in [0.4, 0.5) is 4.79 Å². The molecule has 7 nitrogen and oxygen atoms in total. The molecule has 1 aromatic heterocycles. The van der Waals surface area contributed by atoms with Gasteiger partial charge in [-0.2, -0.15) is 0 Å². The Morgan fingerprint density at radius 1 is 1.23 bits per heavy atom. The summed E-state index contributed by atoms with van der Waals surface area (Å²) in [6, 6.07) is 6.40. The predicted octanol–water partition coefficient (Wildman–Crippen LogP) is 3.48. The smallest absolute Gasteiger partial charge is 0.407 e. The highest BCUT2D eigenvalue weighted by Gasteiger charge is 2.33. The number of nitrogens with zero attached hydrogens (tertiary/aromatic N) is 3. The predicted molar refractivity (Wildman–Crippen MR) is 115 cm³/mol. The Labute approximate surface area is 177 Å². The summed E-state index contributed by atoms with van der Waals surface area (Å²) in [6.07, 6.45) is 3.59. The van der Waals surface area contributed by atoms with Crippen molar-refractivity contribution < 1.29 is 14.7 Å². The number of hydrogen-bond donors (Lipinski definition) is 2. The number of hydrogen-bond acceptors (Lipinski definition) is 4. The number of fused-ring (bicyclic) bond motifs is 1. The van der Waals surface area contributed by atoms with Gasteiger partial charge in [0.2, 0.25) is 0 Å². The summed E-state index contributed by atoms with van der Waals surface area (Å²) in [5, 5.41) is 12.3. The third kappa shape index (κ3) is 4.96. The molecule has 0 saturated heterocycles. The van der Waals surface area contributed by atoms with Gasteiger partial charge in [-0.05, 0) is 35.4 Å². The first-order chi connectivity index (χ1) is 14.2. The highest BCUT2D eigenvalue weighted by atomic mass is 16.4. The second kappa shape index (κ2) is 8.81. The number of carbonyl (C=O) groups excluding carboxylic acids is 1. The quantitative estimate of drug-likeness (QED) is 0.805. The first-order valence-corrected chi connectivity index (χ1v) is 10.4. The Morgan fingerprint density at radius 3 is 2.60 bits per heavy atom. The van der Waals surface area contributed by atoms with E-state index in [1.807, 2.05) is 6.92 Å². The van der Waals surface area contributed by atoms with E-state index < -0.39 is 6.09 Å². The van der Waals surface area contributed by atoms with Crippen LogP contribution in [-0.2, 0) is 12.8 Å². The lowest BCUT2D eigenvalue weighted by Crippen LogP contribution is -2.36. The van der Waals surface area contributed by atoms with E-state index in [9.17, 15) is 14.7 Å². The molecule has 1 unspecified atom stereocenters. The van der Waals surface area contributed by atoms with Gasteiger partial charge in [-0.3, -0.25) is 9.78 Å². The highest BCUT2D eigenvalue weighted by molar-refractivity contribution is 5.91. The molecule has 0 aliphatic carbocycles. The third-order valence-electron chi connectivity index (χ3n) is 5.61. The monoisotopic (exact) mass is 410 g/mol. The van der Waals surface area contributed by atoms with Crippen molar-refractivity contribution in [1.29, 1.82) is 0 Å². The van der Waals surface area contributed by atoms with Crippen LogP contribution in [0.1, 0.15) is 66.5 Å². The van der Waals surface area contributed by atoms with E-state index in [2.05, 4.69) is 54.3 Å². The van der Waals surface area contributed by atoms with Gasteiger partial charge >= 0.3 is 6.09 Å². The zero-order valence-electron chi connectivity index (χ0n) is 18.1. The Hall–Kier alpha value is -2.96. The number of rotatable bonds is 4. The molecule has 30 heavy (non-hydrogen) atoms. The Bertz CT molecular complexity index is 919. The van der Waals surface area contributed by atoms with E-state index >= 15 is 0 Å². The summed E-state index contributed by atoms with van der Waals surface area (Å²) in [4.78, 5) is 33.6. The lowest BCUT2D eigenvalue weighted by Gasteiger charge is -2.33. The van der Waals surface area contributed by atoms with Gasteiger partial charge in [-0.15, -0.1) is 0 Å². The van der Waals surface area contributed by atoms with Gasteiger partial charge < -0.3 is 15.3 Å². The average molecular weight is 411 g/mol. The molecule has 0 spiro atoms. The molecule has 2 amide bonds. The third-order valence-corrected chi connectivity index (χ3v) is 5.61. The molecular weight excluding hydrogens is 380 g/mol. The zero-order valence-corrected chi connectivity index (χ0v) is 18.1. The highest BCUT2D eigenvalue weighted by Crippen LogP contribution is 2.39. The fourth-order valence-electron chi connectivity index (χ4n) is 3.93. The van der Waals surface area contributed by atoms with Gasteiger partial charge in [0.05, 0.1) is 11.9 Å². The standard InChI is InChI=1S/C23H30N4O3/c1-5-24-21(28)20-13-25-17(12-26-20)11-15-6-7-18-16(10-15)8-9-27(22(29)30)14-19(18)23(2,3)4/h6-7,10,12-13,19H,5,8-9,11,14H2,1-4H3,(H,24,28)(H,29,30). The van der Waals surface area contributed by atoms with Crippen LogP contribution in [0.15, 0.2) is 30.6 Å². The second-order valence-electron chi connectivity index (χ2n) is 8.86. The molecule has 3 rings (SSSR count). The maximum absolute atomic E-state index is 11.8. The van der Waals surface area contributed by atoms with Gasteiger partial charge in [0, 0.05) is 38.2 Å². The summed E-state index contributed by atoms with van der Waals surface area (Å²) in [5.41, 5.74) is 4.58. The van der Waals surface area contributed by atoms with Crippen LogP contribution in [0.3, 0.4) is 0 Å². The van der Waals surface area contributed by atoms with Crippen molar-refractivity contribution in [3.05, 3.63) is 58.7 Å². The van der Waals surface area contributed by atoms with E-state index in [-0.39, 0.29) is 17.2 Å². The van der Waals surface area contributed by atoms with E-state index in [4.69, 9.17) is 0 Å². The van der Waals surface area contributed by atoms with Crippen LogP contribution in [0.2, 0.25) is 0 Å². The van der Waals surface area contributed by atoms with Crippen molar-refractivity contribution >= 4 is 12.0 Å². The number of benzene rings is 1. The van der Waals surface area contributed by atoms with Crippen molar-refractivity contribution in [3.63, 3.8) is 0 Å². The molecular formula is C23H30N4O3. The number of amides is 2. The first kappa shape index (κ1) is 21.7. The van der Waals surface area contributed by atoms with Crippen molar-refractivity contribution in [3.8, 4) is 0 Å². The van der Waals surface area contributed by atoms with Gasteiger partial charge in [-0.1, -0.05) is 39.0 Å². The lowest BCUT2D eigenvalue weighted by atomic mass is 9.75. The van der Waals surface area contributed by atoms with Crippen molar-refractivity contribution in [2.45, 2.75) is 46.5 Å². The van der Waals surface area contributed by atoms with Crippen LogP contribution in [0, 0.1) is 5.41 Å². The summed E-state index contributed by atoms with van der Waals surface area (Å²) in [6.45, 7) is 9.90. The molecule has 1 atom stereocenters. The topological polar surface area (TPSA) is 95.4 Å². The molecule has 0 saturated carbocycles. The molecule has 7 heteroatoms. The zero-order chi connectivity index (χ0) is 21.9. The van der Waals surface area contributed by atoms with E-state index in [1.54, 1.807) is 6.20 Å². The minimum atomic E-state index is -0.861. The second-order valence-corrected chi connectivity index (χ2v) is 8.86. The molecule has 1 aliphatic heterocycles. The molecule has 1 aliphatic rings. The summed E-state index contributed by atoms with van der Waals surface area (Å²) >= 11 is 0. The van der Waals surface area contributed by atoms with Crippen LogP contribution < -0.4 is 5.32 Å². The molecule has 0 fully saturated rings. The van der Waals surface area contributed by atoms with Crippen molar-refractivity contribution in [2.75, 3.05) is 19.6 Å². The van der Waals surface area contributed by atoms with Crippen molar-refractivity contribution in [2.24, 2.45) is 5.41 Å². The Balaban J connectivity index is 1.83. The average Bonchev–Trinajstić information content (AvgIpc) is 2.88. The van der Waals surface area contributed by atoms with Gasteiger partial charge in [0.15, 0.2) is 0 Å². The van der Waals surface area contributed by atoms with Crippen LogP contribution in [0.25, 0.3) is 0 Å². The van der Waals surface area contributed by atoms with Gasteiger partial charge in [0.1, 0.15) is 5.69 Å². The minimum Gasteiger partial charge on any atom is -0.465 e. The van der Waals surface area contributed by atoms with E-state index in [1.165, 1.54) is 22.2 Å². The van der Waals surface area contributed by atoms with Gasteiger partial charge in [0.25, 0.3) is 5.91 Å². The maximum Gasteiger partial charge on any atom is 0.407 e. The maximum atomic E-state index is 11.8. The largest absolute Gasteiger partial charge is 0.465 e. The Morgan fingerprint density at radius 2 is 2.00 bits per heavy atom. The normalized spacial score (nSPS) is 16.5. The molecule has 2 aromatic rings. The molecule has 0 bridgehead atoms. The molecule has 0 radical (unpaired) electrons. The molecule has 1 aromatic carbocycles. The summed E-state index contributed by atoms with van der Waals surface area (Å²) in [5.74, 6) is -0.0888. The Kier molecular flexibility index (Phi) is 6.39. The molecule has 2 heterocycles.